The summed E-state index contributed by atoms with van der Waals surface area (Å²) in [6.07, 6.45) is 6.95. The van der Waals surface area contributed by atoms with Gasteiger partial charge in [-0.15, -0.1) is 0 Å². The lowest BCUT2D eigenvalue weighted by Gasteiger charge is -2.36. The number of nitrogens with zero attached hydrogens (tertiary/aromatic N) is 2. The van der Waals surface area contributed by atoms with E-state index in [1.807, 2.05) is 16.7 Å². The van der Waals surface area contributed by atoms with Crippen molar-refractivity contribution < 1.29 is 14.7 Å². The molecule has 2 fully saturated rings. The van der Waals surface area contributed by atoms with E-state index in [0.29, 0.717) is 19.1 Å². The van der Waals surface area contributed by atoms with Crippen LogP contribution in [0.4, 0.5) is 4.79 Å². The molecule has 1 heterocycles. The van der Waals surface area contributed by atoms with E-state index in [1.54, 1.807) is 0 Å². The molecule has 20 heavy (non-hydrogen) atoms. The Morgan fingerprint density at radius 2 is 1.90 bits per heavy atom. The van der Waals surface area contributed by atoms with Crippen molar-refractivity contribution in [2.24, 2.45) is 5.92 Å². The molecule has 2 rings (SSSR count). The molecular weight excluding hydrogens is 256 g/mol. The van der Waals surface area contributed by atoms with Crippen molar-refractivity contribution in [2.45, 2.75) is 57.9 Å². The predicted octanol–water partition coefficient (Wildman–Crippen LogP) is 2.56. The second-order valence-electron chi connectivity index (χ2n) is 6.06. The van der Waals surface area contributed by atoms with Crippen LogP contribution in [-0.2, 0) is 4.79 Å². The second kappa shape index (κ2) is 6.95. The van der Waals surface area contributed by atoms with E-state index in [2.05, 4.69) is 0 Å². The smallest absolute Gasteiger partial charge is 0.320 e. The van der Waals surface area contributed by atoms with Crippen LogP contribution >= 0.6 is 0 Å². The Labute approximate surface area is 120 Å². The molecule has 2 aliphatic rings. The van der Waals surface area contributed by atoms with Crippen LogP contribution in [0.25, 0.3) is 0 Å². The number of carbonyl (C=O) groups excluding carboxylic acids is 1. The van der Waals surface area contributed by atoms with Crippen LogP contribution in [0.15, 0.2) is 0 Å². The minimum absolute atomic E-state index is 0.118. The molecule has 1 aliphatic heterocycles. The molecule has 1 N–H and O–H groups in total. The molecule has 5 heteroatoms. The summed E-state index contributed by atoms with van der Waals surface area (Å²) in [4.78, 5) is 27.2. The van der Waals surface area contributed by atoms with Gasteiger partial charge < -0.3 is 14.9 Å². The van der Waals surface area contributed by atoms with Crippen LogP contribution < -0.4 is 0 Å². The van der Waals surface area contributed by atoms with E-state index in [0.717, 1.165) is 25.8 Å². The number of carboxylic acid groups (broad SMARTS) is 1. The maximum atomic E-state index is 12.6. The molecule has 1 atom stereocenters. The van der Waals surface area contributed by atoms with Gasteiger partial charge in [-0.3, -0.25) is 4.79 Å². The van der Waals surface area contributed by atoms with Crippen LogP contribution in [0.3, 0.4) is 0 Å². The van der Waals surface area contributed by atoms with Crippen molar-refractivity contribution in [3.05, 3.63) is 0 Å². The normalized spacial score (nSPS) is 23.9. The monoisotopic (exact) mass is 282 g/mol. The summed E-state index contributed by atoms with van der Waals surface area (Å²) in [6.45, 7) is 4.11. The summed E-state index contributed by atoms with van der Waals surface area (Å²) in [6, 6.07) is 0.507. The molecule has 0 aromatic rings. The van der Waals surface area contributed by atoms with Crippen molar-refractivity contribution in [1.82, 2.24) is 9.80 Å². The summed E-state index contributed by atoms with van der Waals surface area (Å²) in [5.41, 5.74) is 0. The summed E-state index contributed by atoms with van der Waals surface area (Å²) >= 11 is 0. The lowest BCUT2D eigenvalue weighted by Crippen LogP contribution is -2.48. The van der Waals surface area contributed by atoms with E-state index in [9.17, 15) is 9.59 Å². The van der Waals surface area contributed by atoms with E-state index in [-0.39, 0.29) is 18.4 Å². The van der Waals surface area contributed by atoms with Crippen molar-refractivity contribution in [2.75, 3.05) is 19.6 Å². The lowest BCUT2D eigenvalue weighted by atomic mass is 9.94. The first-order chi connectivity index (χ1) is 9.61. The minimum Gasteiger partial charge on any atom is -0.481 e. The number of amides is 2. The summed E-state index contributed by atoms with van der Waals surface area (Å²) < 4.78 is 0. The van der Waals surface area contributed by atoms with Gasteiger partial charge in [0, 0.05) is 32.1 Å². The van der Waals surface area contributed by atoms with Gasteiger partial charge in [-0.1, -0.05) is 19.3 Å². The molecule has 5 nitrogen and oxygen atoms in total. The summed E-state index contributed by atoms with van der Waals surface area (Å²) in [7, 11) is 0. The van der Waals surface area contributed by atoms with Crippen molar-refractivity contribution in [3.63, 3.8) is 0 Å². The average molecular weight is 282 g/mol. The zero-order valence-corrected chi connectivity index (χ0v) is 12.4. The van der Waals surface area contributed by atoms with E-state index in [4.69, 9.17) is 5.11 Å². The van der Waals surface area contributed by atoms with E-state index < -0.39 is 5.97 Å². The Hall–Kier alpha value is -1.26. The van der Waals surface area contributed by atoms with Gasteiger partial charge in [0.25, 0.3) is 0 Å². The predicted molar refractivity (Wildman–Crippen MR) is 76.6 cm³/mol. The third-order valence-electron chi connectivity index (χ3n) is 4.62. The lowest BCUT2D eigenvalue weighted by molar-refractivity contribution is -0.138. The molecule has 0 spiro atoms. The third-order valence-corrected chi connectivity index (χ3v) is 4.62. The number of urea groups is 1. The largest absolute Gasteiger partial charge is 0.481 e. The standard InChI is InChI=1S/C15H26N2O3/c1-2-17(13-6-4-3-5-7-13)15(20)16-9-8-12(11-16)10-14(18)19/h12-13H,2-11H2,1H3,(H,18,19). The third kappa shape index (κ3) is 3.64. The highest BCUT2D eigenvalue weighted by Gasteiger charge is 2.32. The highest BCUT2D eigenvalue weighted by Crippen LogP contribution is 2.26. The highest BCUT2D eigenvalue weighted by molar-refractivity contribution is 5.75. The number of likely N-dealkylation sites (tertiary alicyclic amines) is 1. The highest BCUT2D eigenvalue weighted by atomic mass is 16.4. The fraction of sp³-hybridized carbons (Fsp3) is 0.867. The average Bonchev–Trinajstić information content (AvgIpc) is 2.88. The number of carboxylic acids is 1. The van der Waals surface area contributed by atoms with Gasteiger partial charge in [-0.25, -0.2) is 4.79 Å². The zero-order valence-electron chi connectivity index (χ0n) is 12.4. The topological polar surface area (TPSA) is 60.9 Å². The SMILES string of the molecule is CCN(C(=O)N1CCC(CC(=O)O)C1)C1CCCCC1. The Bertz CT molecular complexity index is 353. The molecule has 1 aliphatic carbocycles. The van der Waals surface area contributed by atoms with Gasteiger partial charge >= 0.3 is 12.0 Å². The van der Waals surface area contributed by atoms with E-state index >= 15 is 0 Å². The van der Waals surface area contributed by atoms with Crippen molar-refractivity contribution in [3.8, 4) is 0 Å². The second-order valence-corrected chi connectivity index (χ2v) is 6.06. The maximum absolute atomic E-state index is 12.6. The number of aliphatic carboxylic acids is 1. The molecule has 114 valence electrons. The number of carbonyl (C=O) groups is 2. The van der Waals surface area contributed by atoms with Crippen LogP contribution in [0, 0.1) is 5.92 Å². The van der Waals surface area contributed by atoms with Gasteiger partial charge in [-0.05, 0) is 32.1 Å². The van der Waals surface area contributed by atoms with Crippen molar-refractivity contribution in [1.29, 1.82) is 0 Å². The zero-order chi connectivity index (χ0) is 14.5. The molecule has 0 aromatic heterocycles. The van der Waals surface area contributed by atoms with Crippen LogP contribution in [-0.4, -0.2) is 52.6 Å². The fourth-order valence-electron chi connectivity index (χ4n) is 3.54. The number of rotatable bonds is 4. The first-order valence-electron chi connectivity index (χ1n) is 7.89. The Morgan fingerprint density at radius 1 is 1.20 bits per heavy atom. The summed E-state index contributed by atoms with van der Waals surface area (Å²) in [5, 5.41) is 8.84. The van der Waals surface area contributed by atoms with Crippen LogP contribution in [0.1, 0.15) is 51.9 Å². The quantitative estimate of drug-likeness (QED) is 0.862. The van der Waals surface area contributed by atoms with Gasteiger partial charge in [0.1, 0.15) is 0 Å². The molecule has 0 aromatic carbocycles. The molecule has 1 saturated carbocycles. The molecular formula is C15H26N2O3. The first-order valence-corrected chi connectivity index (χ1v) is 7.89. The Kier molecular flexibility index (Phi) is 5.26. The molecule has 1 unspecified atom stereocenters. The van der Waals surface area contributed by atoms with Gasteiger partial charge in [0.2, 0.25) is 0 Å². The molecule has 2 amide bonds. The minimum atomic E-state index is -0.760. The van der Waals surface area contributed by atoms with Gasteiger partial charge in [0.05, 0.1) is 0 Å². The Balaban J connectivity index is 1.90. The van der Waals surface area contributed by atoms with Crippen LogP contribution in [0.5, 0.6) is 0 Å². The van der Waals surface area contributed by atoms with E-state index in [1.165, 1.54) is 19.3 Å². The Morgan fingerprint density at radius 3 is 2.50 bits per heavy atom. The fourth-order valence-corrected chi connectivity index (χ4v) is 3.54. The van der Waals surface area contributed by atoms with Gasteiger partial charge in [-0.2, -0.15) is 0 Å². The summed E-state index contributed by atoms with van der Waals surface area (Å²) in [5.74, 6) is -0.634. The molecule has 0 radical (unpaired) electrons. The first kappa shape index (κ1) is 15.1. The van der Waals surface area contributed by atoms with Gasteiger partial charge in [0.15, 0.2) is 0 Å². The molecule has 0 bridgehead atoms. The maximum Gasteiger partial charge on any atom is 0.320 e. The molecule has 1 saturated heterocycles. The number of hydrogen-bond donors (Lipinski definition) is 1. The van der Waals surface area contributed by atoms with Crippen LogP contribution in [0.2, 0.25) is 0 Å². The van der Waals surface area contributed by atoms with Crippen molar-refractivity contribution >= 4 is 12.0 Å². The number of hydrogen-bond acceptors (Lipinski definition) is 2.